The van der Waals surface area contributed by atoms with Crippen molar-refractivity contribution >= 4 is 29.2 Å². The van der Waals surface area contributed by atoms with E-state index in [4.69, 9.17) is 0 Å². The Balaban J connectivity index is 1.74. The first-order valence-electron chi connectivity index (χ1n) is 9.26. The molecule has 1 N–H and O–H groups in total. The summed E-state index contributed by atoms with van der Waals surface area (Å²) in [5.41, 5.74) is 1.47. The predicted octanol–water partition coefficient (Wildman–Crippen LogP) is 3.45. The Morgan fingerprint density at radius 2 is 1.97 bits per heavy atom. The van der Waals surface area contributed by atoms with Crippen molar-refractivity contribution in [2.75, 3.05) is 5.32 Å². The third kappa shape index (κ3) is 3.84. The van der Waals surface area contributed by atoms with Crippen LogP contribution >= 0.6 is 11.8 Å². The number of nitrogens with zero attached hydrogens (tertiary/aromatic N) is 3. The minimum Gasteiger partial charge on any atom is -0.312 e. The smallest absolute Gasteiger partial charge is 0.279 e. The number of benzene rings is 2. The Bertz CT molecular complexity index is 1190. The molecule has 1 aromatic heterocycles. The largest absolute Gasteiger partial charge is 0.312 e. The second-order valence-electron chi connectivity index (χ2n) is 6.95. The molecule has 1 unspecified atom stereocenters. The van der Waals surface area contributed by atoms with Crippen LogP contribution in [0.1, 0.15) is 29.0 Å². The van der Waals surface area contributed by atoms with Crippen LogP contribution in [0.5, 0.6) is 0 Å². The summed E-state index contributed by atoms with van der Waals surface area (Å²) < 4.78 is 1.70. The predicted molar refractivity (Wildman–Crippen MR) is 114 cm³/mol. The first-order chi connectivity index (χ1) is 14.4. The molecule has 1 aliphatic rings. The van der Waals surface area contributed by atoms with Crippen molar-refractivity contribution in [2.45, 2.75) is 23.2 Å². The number of aromatic nitrogens is 2. The average Bonchev–Trinajstić information content (AvgIpc) is 2.75. The lowest BCUT2D eigenvalue weighted by atomic mass is 9.86. The highest BCUT2D eigenvalue weighted by Crippen LogP contribution is 2.37. The van der Waals surface area contributed by atoms with Gasteiger partial charge in [0.05, 0.1) is 10.5 Å². The van der Waals surface area contributed by atoms with E-state index in [1.165, 1.54) is 23.9 Å². The lowest BCUT2D eigenvalue weighted by Crippen LogP contribution is -2.33. The number of nitro groups is 1. The Kier molecular flexibility index (Phi) is 5.37. The molecule has 4 rings (SSSR count). The van der Waals surface area contributed by atoms with Gasteiger partial charge in [-0.1, -0.05) is 54.2 Å². The van der Waals surface area contributed by atoms with E-state index < -0.39 is 16.4 Å². The van der Waals surface area contributed by atoms with Crippen molar-refractivity contribution in [1.29, 1.82) is 0 Å². The third-order valence-electron chi connectivity index (χ3n) is 5.00. The number of hydrogen-bond donors (Lipinski definition) is 1. The van der Waals surface area contributed by atoms with E-state index in [0.717, 1.165) is 5.56 Å². The average molecular weight is 422 g/mol. The molecule has 9 heteroatoms. The van der Waals surface area contributed by atoms with Gasteiger partial charge in [-0.25, -0.2) is 0 Å². The molecule has 0 radical (unpaired) electrons. The number of nitrogens with one attached hydrogen (secondary N) is 1. The third-order valence-corrected chi connectivity index (χ3v) is 6.10. The zero-order chi connectivity index (χ0) is 21.3. The highest BCUT2D eigenvalue weighted by Gasteiger charge is 2.32. The fourth-order valence-corrected chi connectivity index (χ4v) is 4.45. The van der Waals surface area contributed by atoms with Crippen LogP contribution in [0.25, 0.3) is 0 Å². The maximum absolute atomic E-state index is 12.9. The summed E-state index contributed by atoms with van der Waals surface area (Å²) in [5, 5.41) is 14.4. The number of nitro benzene ring substituents is 1. The number of fused-ring (bicyclic) bond motifs is 1. The number of carbonyl (C=O) groups excluding carboxylic acids is 1. The molecular weight excluding hydrogens is 404 g/mol. The van der Waals surface area contributed by atoms with Crippen LogP contribution in [-0.2, 0) is 17.6 Å². The minimum absolute atomic E-state index is 0.0294. The SMILES string of the molecule is Cn1c(SCc2ccccc2)nc(=O)c2c1NC(=O)CC2c1cccc([N+](=O)[O-])c1. The number of anilines is 1. The normalized spacial score (nSPS) is 15.4. The molecule has 1 aliphatic heterocycles. The van der Waals surface area contributed by atoms with Crippen molar-refractivity contribution in [3.63, 3.8) is 0 Å². The first-order valence-corrected chi connectivity index (χ1v) is 10.2. The van der Waals surface area contributed by atoms with Crippen LogP contribution in [0.4, 0.5) is 11.5 Å². The second kappa shape index (κ2) is 8.11. The molecule has 1 atom stereocenters. The molecular formula is C21H18N4O4S. The molecule has 0 saturated carbocycles. The Morgan fingerprint density at radius 1 is 1.20 bits per heavy atom. The zero-order valence-corrected chi connectivity index (χ0v) is 16.9. The van der Waals surface area contributed by atoms with Crippen molar-refractivity contribution in [3.8, 4) is 0 Å². The summed E-state index contributed by atoms with van der Waals surface area (Å²) in [6, 6.07) is 15.8. The Labute approximate surface area is 176 Å². The highest BCUT2D eigenvalue weighted by molar-refractivity contribution is 7.98. The van der Waals surface area contributed by atoms with Gasteiger partial charge in [0.15, 0.2) is 5.16 Å². The number of amides is 1. The van der Waals surface area contributed by atoms with Crippen LogP contribution < -0.4 is 10.9 Å². The maximum Gasteiger partial charge on any atom is 0.279 e. The van der Waals surface area contributed by atoms with Gasteiger partial charge in [0, 0.05) is 37.3 Å². The van der Waals surface area contributed by atoms with E-state index in [9.17, 15) is 19.7 Å². The van der Waals surface area contributed by atoms with E-state index in [1.54, 1.807) is 23.7 Å². The summed E-state index contributed by atoms with van der Waals surface area (Å²) in [6.07, 6.45) is 0.0294. The van der Waals surface area contributed by atoms with Gasteiger partial charge in [0.2, 0.25) is 5.91 Å². The van der Waals surface area contributed by atoms with Crippen LogP contribution in [0.15, 0.2) is 64.5 Å². The molecule has 152 valence electrons. The molecule has 1 amide bonds. The van der Waals surface area contributed by atoms with Crippen LogP contribution in [0.3, 0.4) is 0 Å². The Hall–Kier alpha value is -3.46. The van der Waals surface area contributed by atoms with E-state index in [1.807, 2.05) is 30.3 Å². The van der Waals surface area contributed by atoms with E-state index in [2.05, 4.69) is 10.3 Å². The van der Waals surface area contributed by atoms with E-state index >= 15 is 0 Å². The molecule has 2 aromatic carbocycles. The summed E-state index contributed by atoms with van der Waals surface area (Å²) in [7, 11) is 1.74. The molecule has 0 spiro atoms. The van der Waals surface area contributed by atoms with Gasteiger partial charge in [-0.15, -0.1) is 0 Å². The Morgan fingerprint density at radius 3 is 2.70 bits per heavy atom. The number of hydrogen-bond acceptors (Lipinski definition) is 6. The number of carbonyl (C=O) groups is 1. The maximum atomic E-state index is 12.9. The van der Waals surface area contributed by atoms with Gasteiger partial charge in [0.1, 0.15) is 5.82 Å². The summed E-state index contributed by atoms with van der Waals surface area (Å²) >= 11 is 1.40. The molecule has 0 saturated heterocycles. The van der Waals surface area contributed by atoms with Gasteiger partial charge in [-0.05, 0) is 11.1 Å². The lowest BCUT2D eigenvalue weighted by Gasteiger charge is -2.27. The minimum atomic E-state index is -0.590. The fraction of sp³-hybridized carbons (Fsp3) is 0.190. The van der Waals surface area contributed by atoms with Crippen molar-refractivity contribution in [2.24, 2.45) is 7.05 Å². The van der Waals surface area contributed by atoms with Gasteiger partial charge < -0.3 is 9.88 Å². The number of non-ortho nitro benzene ring substituents is 1. The van der Waals surface area contributed by atoms with Crippen molar-refractivity contribution in [1.82, 2.24) is 9.55 Å². The molecule has 0 aliphatic carbocycles. The molecule has 2 heterocycles. The number of thioether (sulfide) groups is 1. The van der Waals surface area contributed by atoms with Crippen LogP contribution in [0, 0.1) is 10.1 Å². The summed E-state index contributed by atoms with van der Waals surface area (Å²) in [4.78, 5) is 40.2. The second-order valence-corrected chi connectivity index (χ2v) is 7.89. The molecule has 0 bridgehead atoms. The first kappa shape index (κ1) is 19.8. The molecule has 3 aromatic rings. The zero-order valence-electron chi connectivity index (χ0n) is 16.1. The standard InChI is InChI=1S/C21H18N4O4S/c1-24-19-18(20(27)23-21(24)30-12-13-6-3-2-4-7-13)16(11-17(26)22-19)14-8-5-9-15(10-14)25(28)29/h2-10,16H,11-12H2,1H3,(H,22,26). The van der Waals surface area contributed by atoms with Crippen LogP contribution in [-0.4, -0.2) is 20.4 Å². The lowest BCUT2D eigenvalue weighted by molar-refractivity contribution is -0.384. The highest BCUT2D eigenvalue weighted by atomic mass is 32.2. The summed E-state index contributed by atoms with van der Waals surface area (Å²) in [6.45, 7) is 0. The van der Waals surface area contributed by atoms with Crippen molar-refractivity contribution in [3.05, 3.63) is 91.8 Å². The molecule has 0 fully saturated rings. The summed E-state index contributed by atoms with van der Waals surface area (Å²) in [5.74, 6) is 0.174. The fourth-order valence-electron chi connectivity index (χ4n) is 3.53. The monoisotopic (exact) mass is 422 g/mol. The quantitative estimate of drug-likeness (QED) is 0.292. The van der Waals surface area contributed by atoms with Gasteiger partial charge in [-0.2, -0.15) is 4.98 Å². The van der Waals surface area contributed by atoms with Crippen molar-refractivity contribution < 1.29 is 9.72 Å². The van der Waals surface area contributed by atoms with Gasteiger partial charge in [-0.3, -0.25) is 19.7 Å². The van der Waals surface area contributed by atoms with E-state index in [0.29, 0.717) is 27.9 Å². The van der Waals surface area contributed by atoms with E-state index in [-0.39, 0.29) is 18.0 Å². The van der Waals surface area contributed by atoms with Crippen LogP contribution in [0.2, 0.25) is 0 Å². The topological polar surface area (TPSA) is 107 Å². The number of rotatable bonds is 5. The molecule has 8 nitrogen and oxygen atoms in total. The van der Waals surface area contributed by atoms with Gasteiger partial charge >= 0.3 is 0 Å². The van der Waals surface area contributed by atoms with Gasteiger partial charge in [0.25, 0.3) is 11.2 Å². The molecule has 30 heavy (non-hydrogen) atoms.